The highest BCUT2D eigenvalue weighted by Crippen LogP contribution is 2.33. The average Bonchev–Trinajstić information content (AvgIpc) is 2.07. The Morgan fingerprint density at radius 2 is 1.79 bits per heavy atom. The minimum absolute atomic E-state index is 0.387. The zero-order chi connectivity index (χ0) is 10.8. The molecule has 1 rings (SSSR count). The molecule has 1 N–H and O–H groups in total. The molecule has 1 aromatic rings. The van der Waals surface area contributed by atoms with Gasteiger partial charge in [-0.2, -0.15) is 13.2 Å². The van der Waals surface area contributed by atoms with Gasteiger partial charge in [-0.1, -0.05) is 18.2 Å². The molecule has 0 heterocycles. The predicted octanol–water partition coefficient (Wildman–Crippen LogP) is 2.65. The fraction of sp³-hybridized carbons (Fsp3) is 0.333. The Balaban J connectivity index is 3.08. The van der Waals surface area contributed by atoms with Crippen molar-refractivity contribution in [2.45, 2.75) is 12.2 Å². The normalized spacial score (nSPS) is 14.1. The first kappa shape index (κ1) is 11.0. The molecule has 14 heavy (non-hydrogen) atoms. The van der Waals surface area contributed by atoms with Crippen molar-refractivity contribution in [2.24, 2.45) is 0 Å². The number of benzene rings is 1. The molecular weight excluding hydrogens is 198 g/mol. The lowest BCUT2D eigenvalue weighted by Crippen LogP contribution is -2.32. The summed E-state index contributed by atoms with van der Waals surface area (Å²) in [6, 6.07) is 2.88. The van der Waals surface area contributed by atoms with Gasteiger partial charge in [-0.15, -0.1) is 0 Å². The highest BCUT2D eigenvalue weighted by molar-refractivity contribution is 5.22. The van der Waals surface area contributed by atoms with Gasteiger partial charge in [0.2, 0.25) is 0 Å². The van der Waals surface area contributed by atoms with Crippen LogP contribution in [0.3, 0.4) is 0 Å². The van der Waals surface area contributed by atoms with Crippen molar-refractivity contribution in [2.75, 3.05) is 7.05 Å². The molecule has 0 aromatic heterocycles. The van der Waals surface area contributed by atoms with E-state index in [1.54, 1.807) is 0 Å². The van der Waals surface area contributed by atoms with Crippen LogP contribution < -0.4 is 5.32 Å². The second-order valence-corrected chi connectivity index (χ2v) is 2.78. The molecular formula is C9H9F4N. The molecule has 0 saturated heterocycles. The quantitative estimate of drug-likeness (QED) is 0.735. The third-order valence-electron chi connectivity index (χ3n) is 1.83. The highest BCUT2D eigenvalue weighted by Gasteiger charge is 2.40. The molecule has 0 aliphatic rings. The second-order valence-electron chi connectivity index (χ2n) is 2.78. The maximum atomic E-state index is 13.0. The van der Waals surface area contributed by atoms with E-state index in [9.17, 15) is 17.6 Å². The van der Waals surface area contributed by atoms with Gasteiger partial charge in [0.25, 0.3) is 0 Å². The van der Waals surface area contributed by atoms with Crippen molar-refractivity contribution in [3.63, 3.8) is 0 Å². The standard InChI is InChI=1S/C9H9F4N/c1-14-8(9(11,12)13)6-4-2-3-5-7(6)10/h2-5,8,14H,1H3. The predicted molar refractivity (Wildman–Crippen MR) is 44.3 cm³/mol. The first-order valence-corrected chi connectivity index (χ1v) is 3.95. The summed E-state index contributed by atoms with van der Waals surface area (Å²) in [5.74, 6) is -0.857. The van der Waals surface area contributed by atoms with E-state index >= 15 is 0 Å². The van der Waals surface area contributed by atoms with Gasteiger partial charge in [0.05, 0.1) is 0 Å². The maximum Gasteiger partial charge on any atom is 0.408 e. The average molecular weight is 207 g/mol. The minimum Gasteiger partial charge on any atom is -0.305 e. The van der Waals surface area contributed by atoms with Crippen LogP contribution in [0.4, 0.5) is 17.6 Å². The van der Waals surface area contributed by atoms with Gasteiger partial charge >= 0.3 is 6.18 Å². The van der Waals surface area contributed by atoms with Crippen molar-refractivity contribution in [3.05, 3.63) is 35.6 Å². The molecule has 1 atom stereocenters. The third kappa shape index (κ3) is 2.23. The molecule has 0 saturated carbocycles. The van der Waals surface area contributed by atoms with Crippen LogP contribution >= 0.6 is 0 Å². The lowest BCUT2D eigenvalue weighted by Gasteiger charge is -2.20. The fourth-order valence-electron chi connectivity index (χ4n) is 1.20. The molecule has 0 bridgehead atoms. The van der Waals surface area contributed by atoms with E-state index < -0.39 is 18.0 Å². The van der Waals surface area contributed by atoms with Crippen LogP contribution in [0.5, 0.6) is 0 Å². The Morgan fingerprint density at radius 1 is 1.21 bits per heavy atom. The van der Waals surface area contributed by atoms with E-state index in [1.165, 1.54) is 12.1 Å². The van der Waals surface area contributed by atoms with Crippen LogP contribution in [-0.2, 0) is 0 Å². The van der Waals surface area contributed by atoms with E-state index in [0.29, 0.717) is 0 Å². The lowest BCUT2D eigenvalue weighted by atomic mass is 10.1. The number of halogens is 4. The Labute approximate surface area is 78.7 Å². The van der Waals surface area contributed by atoms with Crippen LogP contribution in [0.2, 0.25) is 0 Å². The van der Waals surface area contributed by atoms with E-state index in [-0.39, 0.29) is 5.56 Å². The number of hydrogen-bond donors (Lipinski definition) is 1. The molecule has 78 valence electrons. The third-order valence-corrected chi connectivity index (χ3v) is 1.83. The molecule has 0 spiro atoms. The van der Waals surface area contributed by atoms with E-state index in [4.69, 9.17) is 0 Å². The van der Waals surface area contributed by atoms with Crippen molar-refractivity contribution in [1.29, 1.82) is 0 Å². The number of alkyl halides is 3. The molecule has 0 fully saturated rings. The fourth-order valence-corrected chi connectivity index (χ4v) is 1.20. The summed E-state index contributed by atoms with van der Waals surface area (Å²) in [6.45, 7) is 0. The number of nitrogens with one attached hydrogen (secondary N) is 1. The zero-order valence-corrected chi connectivity index (χ0v) is 7.40. The maximum absolute atomic E-state index is 13.0. The van der Waals surface area contributed by atoms with Gasteiger partial charge in [-0.25, -0.2) is 4.39 Å². The molecule has 1 aromatic carbocycles. The van der Waals surface area contributed by atoms with Crippen LogP contribution in [-0.4, -0.2) is 13.2 Å². The zero-order valence-electron chi connectivity index (χ0n) is 7.40. The lowest BCUT2D eigenvalue weighted by molar-refractivity contribution is -0.156. The molecule has 1 unspecified atom stereocenters. The summed E-state index contributed by atoms with van der Waals surface area (Å²) in [7, 11) is 1.14. The van der Waals surface area contributed by atoms with Gasteiger partial charge in [-0.3, -0.25) is 0 Å². The second kappa shape index (κ2) is 3.96. The summed E-state index contributed by atoms with van der Waals surface area (Å²) in [4.78, 5) is 0. The summed E-state index contributed by atoms with van der Waals surface area (Å²) in [5.41, 5.74) is -0.387. The Hall–Kier alpha value is -1.10. The van der Waals surface area contributed by atoms with Crippen molar-refractivity contribution in [1.82, 2.24) is 5.32 Å². The van der Waals surface area contributed by atoms with Crippen LogP contribution in [0.25, 0.3) is 0 Å². The monoisotopic (exact) mass is 207 g/mol. The summed E-state index contributed by atoms with van der Waals surface area (Å²) in [5, 5.41) is 2.03. The van der Waals surface area contributed by atoms with E-state index in [2.05, 4.69) is 0 Å². The van der Waals surface area contributed by atoms with Gasteiger partial charge in [0.1, 0.15) is 11.9 Å². The first-order chi connectivity index (χ1) is 6.46. The molecule has 0 radical (unpaired) electrons. The summed E-state index contributed by atoms with van der Waals surface area (Å²) >= 11 is 0. The Bertz CT molecular complexity index is 308. The molecule has 0 aliphatic carbocycles. The van der Waals surface area contributed by atoms with E-state index in [1.807, 2.05) is 5.32 Å². The molecule has 1 nitrogen and oxygen atoms in total. The van der Waals surface area contributed by atoms with Gasteiger partial charge in [0, 0.05) is 5.56 Å². The molecule has 5 heteroatoms. The first-order valence-electron chi connectivity index (χ1n) is 3.95. The molecule has 0 aliphatic heterocycles. The van der Waals surface area contributed by atoms with Crippen molar-refractivity contribution < 1.29 is 17.6 Å². The largest absolute Gasteiger partial charge is 0.408 e. The van der Waals surface area contributed by atoms with Gasteiger partial charge < -0.3 is 5.32 Å². The van der Waals surface area contributed by atoms with E-state index in [0.717, 1.165) is 19.2 Å². The molecule has 0 amide bonds. The van der Waals surface area contributed by atoms with Crippen molar-refractivity contribution in [3.8, 4) is 0 Å². The number of rotatable bonds is 2. The van der Waals surface area contributed by atoms with Gasteiger partial charge in [-0.05, 0) is 13.1 Å². The SMILES string of the molecule is CNC(c1ccccc1F)C(F)(F)F. The smallest absolute Gasteiger partial charge is 0.305 e. The highest BCUT2D eigenvalue weighted by atomic mass is 19.4. The van der Waals surface area contributed by atoms with Gasteiger partial charge in [0.15, 0.2) is 0 Å². The number of hydrogen-bond acceptors (Lipinski definition) is 1. The minimum atomic E-state index is -4.49. The van der Waals surface area contributed by atoms with Crippen LogP contribution in [0.1, 0.15) is 11.6 Å². The topological polar surface area (TPSA) is 12.0 Å². The Morgan fingerprint density at radius 3 is 2.21 bits per heavy atom. The van der Waals surface area contributed by atoms with Crippen molar-refractivity contribution >= 4 is 0 Å². The van der Waals surface area contributed by atoms with Crippen LogP contribution in [0.15, 0.2) is 24.3 Å². The summed E-state index contributed by atoms with van der Waals surface area (Å²) in [6.07, 6.45) is -4.49. The Kier molecular flexibility index (Phi) is 3.10. The summed E-state index contributed by atoms with van der Waals surface area (Å²) < 4.78 is 50.1. The van der Waals surface area contributed by atoms with Crippen LogP contribution in [0, 0.1) is 5.82 Å².